The van der Waals surface area contributed by atoms with Gasteiger partial charge in [0.2, 0.25) is 0 Å². The summed E-state index contributed by atoms with van der Waals surface area (Å²) in [4.78, 5) is 22.9. The first kappa shape index (κ1) is 17.0. The molecule has 0 spiro atoms. The van der Waals surface area contributed by atoms with Gasteiger partial charge in [0.15, 0.2) is 11.5 Å². The van der Waals surface area contributed by atoms with Crippen molar-refractivity contribution in [3.8, 4) is 17.2 Å². The summed E-state index contributed by atoms with van der Waals surface area (Å²) in [7, 11) is 0. The summed E-state index contributed by atoms with van der Waals surface area (Å²) in [5.41, 5.74) is -0.381. The van der Waals surface area contributed by atoms with E-state index in [1.165, 1.54) is 0 Å². The maximum Gasteiger partial charge on any atom is 0.311 e. The van der Waals surface area contributed by atoms with Crippen LogP contribution in [0.1, 0.15) is 47.5 Å². The van der Waals surface area contributed by atoms with Crippen LogP contribution in [-0.4, -0.2) is 17.5 Å². The number of carbonyl (C=O) groups is 2. The van der Waals surface area contributed by atoms with Gasteiger partial charge in [-0.3, -0.25) is 9.59 Å². The van der Waals surface area contributed by atoms with Gasteiger partial charge in [-0.05, 0) is 32.9 Å². The van der Waals surface area contributed by atoms with Crippen LogP contribution in [0.5, 0.6) is 17.2 Å². The highest BCUT2D eigenvalue weighted by Gasteiger charge is 2.17. The molecule has 0 saturated carbocycles. The van der Waals surface area contributed by atoms with E-state index < -0.39 is 11.9 Å². The fraction of sp³-hybridized carbons (Fsp3) is 0.500. The van der Waals surface area contributed by atoms with E-state index in [2.05, 4.69) is 0 Å². The molecule has 21 heavy (non-hydrogen) atoms. The molecule has 0 N–H and O–H groups in total. The molecule has 5 nitrogen and oxygen atoms in total. The molecular formula is C16H22O5. The zero-order valence-corrected chi connectivity index (χ0v) is 13.2. The molecule has 0 bridgehead atoms. The Hall–Kier alpha value is -2.04. The fourth-order valence-corrected chi connectivity index (χ4v) is 1.46. The van der Waals surface area contributed by atoms with Gasteiger partial charge in [0.05, 0.1) is 0 Å². The quantitative estimate of drug-likeness (QED) is 0.614. The van der Waals surface area contributed by atoms with Crippen LogP contribution in [-0.2, 0) is 9.59 Å². The average Bonchev–Trinajstić information content (AvgIpc) is 2.39. The predicted molar refractivity (Wildman–Crippen MR) is 78.7 cm³/mol. The molecule has 0 aliphatic heterocycles. The molecule has 0 amide bonds. The van der Waals surface area contributed by atoms with Gasteiger partial charge in [0.25, 0.3) is 0 Å². The molecule has 0 unspecified atom stereocenters. The molecular weight excluding hydrogens is 272 g/mol. The second-order valence-corrected chi connectivity index (χ2v) is 5.48. The van der Waals surface area contributed by atoms with Gasteiger partial charge >= 0.3 is 11.9 Å². The van der Waals surface area contributed by atoms with Crippen LogP contribution in [0.25, 0.3) is 0 Å². The molecule has 0 aromatic heterocycles. The number of rotatable bonds is 5. The van der Waals surface area contributed by atoms with Crippen molar-refractivity contribution in [2.45, 2.75) is 53.1 Å². The first-order valence-corrected chi connectivity index (χ1v) is 6.99. The molecule has 0 heterocycles. The van der Waals surface area contributed by atoms with Gasteiger partial charge in [-0.1, -0.05) is 13.8 Å². The highest BCUT2D eigenvalue weighted by Crippen LogP contribution is 2.33. The number of carbonyl (C=O) groups excluding carboxylic acids is 2. The van der Waals surface area contributed by atoms with Crippen LogP contribution in [0.15, 0.2) is 18.2 Å². The minimum Gasteiger partial charge on any atom is -0.488 e. The molecule has 0 fully saturated rings. The highest BCUT2D eigenvalue weighted by molar-refractivity contribution is 5.76. The Bertz CT molecular complexity index is 514. The number of ether oxygens (including phenoxy) is 3. The van der Waals surface area contributed by atoms with E-state index in [-0.39, 0.29) is 29.9 Å². The Morgan fingerprint density at radius 2 is 1.48 bits per heavy atom. The summed E-state index contributed by atoms with van der Waals surface area (Å²) in [5, 5.41) is 0. The van der Waals surface area contributed by atoms with E-state index in [1.54, 1.807) is 32.0 Å². The minimum atomic E-state index is -0.406. The zero-order valence-electron chi connectivity index (χ0n) is 13.2. The molecule has 0 radical (unpaired) electrons. The normalized spacial score (nSPS) is 10.9. The van der Waals surface area contributed by atoms with Crippen LogP contribution in [0, 0.1) is 0 Å². The molecule has 1 aromatic rings. The lowest BCUT2D eigenvalue weighted by Crippen LogP contribution is -2.23. The third kappa shape index (κ3) is 5.85. The van der Waals surface area contributed by atoms with E-state index >= 15 is 0 Å². The fourth-order valence-electron chi connectivity index (χ4n) is 1.46. The second-order valence-electron chi connectivity index (χ2n) is 5.48. The van der Waals surface area contributed by atoms with E-state index in [1.807, 2.05) is 20.8 Å². The van der Waals surface area contributed by atoms with Crippen LogP contribution in [0.4, 0.5) is 0 Å². The summed E-state index contributed by atoms with van der Waals surface area (Å²) in [5.74, 6) is 0.137. The average molecular weight is 294 g/mol. The van der Waals surface area contributed by atoms with Crippen molar-refractivity contribution in [3.05, 3.63) is 18.2 Å². The van der Waals surface area contributed by atoms with Crippen LogP contribution >= 0.6 is 0 Å². The van der Waals surface area contributed by atoms with Crippen molar-refractivity contribution in [2.75, 3.05) is 0 Å². The van der Waals surface area contributed by atoms with Gasteiger partial charge in [0, 0.05) is 18.9 Å². The second kappa shape index (κ2) is 7.11. The lowest BCUT2D eigenvalue weighted by Gasteiger charge is -2.22. The predicted octanol–water partition coefficient (Wildman–Crippen LogP) is 3.49. The number of esters is 2. The lowest BCUT2D eigenvalue weighted by molar-refractivity contribution is -0.136. The van der Waals surface area contributed by atoms with Crippen LogP contribution < -0.4 is 14.2 Å². The third-order valence-electron chi connectivity index (χ3n) is 2.36. The van der Waals surface area contributed by atoms with Crippen molar-refractivity contribution >= 4 is 11.9 Å². The third-order valence-corrected chi connectivity index (χ3v) is 2.36. The number of hydrogen-bond acceptors (Lipinski definition) is 5. The topological polar surface area (TPSA) is 61.8 Å². The monoisotopic (exact) mass is 294 g/mol. The van der Waals surface area contributed by atoms with Crippen molar-refractivity contribution in [1.29, 1.82) is 0 Å². The SMILES string of the molecule is CCC(=O)Oc1ccc(OC(C)(C)C)cc1OC(=O)CC. The molecule has 0 aliphatic rings. The van der Waals surface area contributed by atoms with Crippen molar-refractivity contribution in [1.82, 2.24) is 0 Å². The Balaban J connectivity index is 3.07. The van der Waals surface area contributed by atoms with Gasteiger partial charge in [-0.25, -0.2) is 0 Å². The number of hydrogen-bond donors (Lipinski definition) is 0. The standard InChI is InChI=1S/C16H22O5/c1-6-14(17)19-12-9-8-11(21-16(3,4)5)10-13(12)20-15(18)7-2/h8-10H,6-7H2,1-5H3. The molecule has 5 heteroatoms. The Morgan fingerprint density at radius 1 is 0.952 bits per heavy atom. The summed E-state index contributed by atoms with van der Waals surface area (Å²) in [6.45, 7) is 9.12. The lowest BCUT2D eigenvalue weighted by atomic mass is 10.2. The van der Waals surface area contributed by atoms with E-state index in [0.29, 0.717) is 5.75 Å². The molecule has 0 aliphatic carbocycles. The largest absolute Gasteiger partial charge is 0.488 e. The van der Waals surface area contributed by atoms with Gasteiger partial charge in [-0.15, -0.1) is 0 Å². The van der Waals surface area contributed by atoms with Crippen molar-refractivity contribution < 1.29 is 23.8 Å². The highest BCUT2D eigenvalue weighted by atomic mass is 16.6. The van der Waals surface area contributed by atoms with Gasteiger partial charge in [0.1, 0.15) is 11.4 Å². The molecule has 1 rings (SSSR count). The van der Waals surface area contributed by atoms with E-state index in [0.717, 1.165) is 0 Å². The first-order chi connectivity index (χ1) is 9.75. The van der Waals surface area contributed by atoms with E-state index in [4.69, 9.17) is 14.2 Å². The first-order valence-electron chi connectivity index (χ1n) is 6.99. The summed E-state index contributed by atoms with van der Waals surface area (Å²) in [6, 6.07) is 4.79. The van der Waals surface area contributed by atoms with Crippen LogP contribution in [0.2, 0.25) is 0 Å². The van der Waals surface area contributed by atoms with Gasteiger partial charge < -0.3 is 14.2 Å². The molecule has 116 valence electrons. The summed E-state index contributed by atoms with van der Waals surface area (Å²) >= 11 is 0. The molecule has 1 aromatic carbocycles. The minimum absolute atomic E-state index is 0.186. The Morgan fingerprint density at radius 3 is 1.95 bits per heavy atom. The maximum absolute atomic E-state index is 11.5. The Labute approximate surface area is 125 Å². The zero-order chi connectivity index (χ0) is 16.0. The van der Waals surface area contributed by atoms with Crippen molar-refractivity contribution in [2.24, 2.45) is 0 Å². The molecule has 0 saturated heterocycles. The molecule has 0 atom stereocenters. The van der Waals surface area contributed by atoms with Crippen molar-refractivity contribution in [3.63, 3.8) is 0 Å². The summed E-state index contributed by atoms with van der Waals surface area (Å²) in [6.07, 6.45) is 0.465. The van der Waals surface area contributed by atoms with E-state index in [9.17, 15) is 9.59 Å². The van der Waals surface area contributed by atoms with Crippen LogP contribution in [0.3, 0.4) is 0 Å². The maximum atomic E-state index is 11.5. The summed E-state index contributed by atoms with van der Waals surface area (Å²) < 4.78 is 16.1. The Kier molecular flexibility index (Phi) is 5.76. The smallest absolute Gasteiger partial charge is 0.311 e. The van der Waals surface area contributed by atoms with Gasteiger partial charge in [-0.2, -0.15) is 0 Å². The number of benzene rings is 1.